The average molecular weight is 182 g/mol. The van der Waals surface area contributed by atoms with E-state index in [0.717, 1.165) is 19.6 Å². The van der Waals surface area contributed by atoms with Gasteiger partial charge in [-0.2, -0.15) is 0 Å². The number of hydrogen-bond acceptors (Lipinski definition) is 4. The van der Waals surface area contributed by atoms with Crippen molar-refractivity contribution in [3.8, 4) is 0 Å². The molecule has 4 heterocycles. The molecule has 0 saturated carbocycles. The first kappa shape index (κ1) is 8.17. The van der Waals surface area contributed by atoms with Crippen molar-refractivity contribution < 1.29 is 0 Å². The summed E-state index contributed by atoms with van der Waals surface area (Å²) in [6, 6.07) is 0. The lowest BCUT2D eigenvalue weighted by molar-refractivity contribution is -0.125. The van der Waals surface area contributed by atoms with Crippen LogP contribution in [0.25, 0.3) is 0 Å². The fourth-order valence-electron chi connectivity index (χ4n) is 3.67. The third-order valence-corrected chi connectivity index (χ3v) is 3.27. The van der Waals surface area contributed by atoms with Crippen molar-refractivity contribution in [3.63, 3.8) is 0 Å². The lowest BCUT2D eigenvalue weighted by atomic mass is 9.87. The van der Waals surface area contributed by atoms with E-state index in [1.54, 1.807) is 0 Å². The molecule has 0 unspecified atom stereocenters. The number of piperazine rings is 3. The van der Waals surface area contributed by atoms with Crippen LogP contribution in [0.1, 0.15) is 20.8 Å². The van der Waals surface area contributed by atoms with Crippen molar-refractivity contribution in [2.45, 2.75) is 37.8 Å². The molecule has 0 spiro atoms. The van der Waals surface area contributed by atoms with Crippen molar-refractivity contribution >= 4 is 0 Å². The van der Waals surface area contributed by atoms with Crippen LogP contribution in [0.5, 0.6) is 0 Å². The molecule has 0 amide bonds. The van der Waals surface area contributed by atoms with E-state index in [4.69, 9.17) is 0 Å². The van der Waals surface area contributed by atoms with Crippen molar-refractivity contribution in [3.05, 3.63) is 0 Å². The van der Waals surface area contributed by atoms with Crippen LogP contribution in [0.2, 0.25) is 0 Å². The van der Waals surface area contributed by atoms with Gasteiger partial charge in [0.25, 0.3) is 0 Å². The van der Waals surface area contributed by atoms with E-state index in [9.17, 15) is 0 Å². The highest BCUT2D eigenvalue weighted by atomic mass is 15.5. The molecule has 74 valence electrons. The summed E-state index contributed by atoms with van der Waals surface area (Å²) >= 11 is 0. The van der Waals surface area contributed by atoms with Crippen LogP contribution in [0, 0.1) is 0 Å². The number of nitrogens with zero attached hydrogens (tertiary/aromatic N) is 1. The monoisotopic (exact) mass is 182 g/mol. The minimum Gasteiger partial charge on any atom is -0.294 e. The Morgan fingerprint density at radius 2 is 1.08 bits per heavy atom. The number of rotatable bonds is 0. The van der Waals surface area contributed by atoms with Gasteiger partial charge in [0.2, 0.25) is 0 Å². The lowest BCUT2D eigenvalue weighted by Crippen LogP contribution is -2.94. The van der Waals surface area contributed by atoms with Gasteiger partial charge in [-0.3, -0.25) is 20.9 Å². The normalized spacial score (nSPS) is 64.4. The summed E-state index contributed by atoms with van der Waals surface area (Å²) in [4.78, 5) is 2.53. The quantitative estimate of drug-likeness (QED) is 0.461. The number of hydrogen-bond donors (Lipinski definition) is 3. The zero-order valence-corrected chi connectivity index (χ0v) is 8.57. The van der Waals surface area contributed by atoms with Crippen LogP contribution in [0.4, 0.5) is 0 Å². The molecule has 4 aliphatic rings. The molecule has 4 heteroatoms. The average Bonchev–Trinajstić information content (AvgIpc) is 1.71. The van der Waals surface area contributed by atoms with E-state index in [2.05, 4.69) is 41.6 Å². The van der Waals surface area contributed by atoms with E-state index in [1.165, 1.54) is 0 Å². The van der Waals surface area contributed by atoms with Crippen LogP contribution >= 0.6 is 0 Å². The predicted molar refractivity (Wildman–Crippen MR) is 51.1 cm³/mol. The highest BCUT2D eigenvalue weighted by molar-refractivity contribution is 5.15. The van der Waals surface area contributed by atoms with Crippen LogP contribution < -0.4 is 16.0 Å². The summed E-state index contributed by atoms with van der Waals surface area (Å²) in [5.41, 5.74) is 0.266. The van der Waals surface area contributed by atoms with Crippen LogP contribution in [-0.2, 0) is 0 Å². The van der Waals surface area contributed by atoms with Crippen molar-refractivity contribution in [2.75, 3.05) is 19.6 Å². The Bertz CT molecular complexity index is 214. The molecule has 13 heavy (non-hydrogen) atoms. The first-order valence-corrected chi connectivity index (χ1v) is 5.01. The Morgan fingerprint density at radius 3 is 1.31 bits per heavy atom. The standard InChI is InChI=1S/C9H18N4/c1-7-4-13-5-8(2,10-7)12-9(3,6-13)11-7/h10-12H,4-6H2,1-3H3. The summed E-state index contributed by atoms with van der Waals surface area (Å²) in [5.74, 6) is 0. The zero-order chi connectivity index (χ0) is 9.32. The topological polar surface area (TPSA) is 39.3 Å². The van der Waals surface area contributed by atoms with E-state index in [0.29, 0.717) is 0 Å². The molecule has 0 atom stereocenters. The molecule has 4 aliphatic heterocycles. The molecule has 4 saturated heterocycles. The van der Waals surface area contributed by atoms with Gasteiger partial charge in [0, 0.05) is 19.6 Å². The van der Waals surface area contributed by atoms with Crippen LogP contribution in [-0.4, -0.2) is 41.5 Å². The molecular formula is C9H18N4. The highest BCUT2D eigenvalue weighted by Crippen LogP contribution is 2.32. The van der Waals surface area contributed by atoms with Gasteiger partial charge in [0.1, 0.15) is 0 Å². The Balaban J connectivity index is 2.03. The van der Waals surface area contributed by atoms with Gasteiger partial charge in [-0.15, -0.1) is 0 Å². The maximum Gasteiger partial charge on any atom is 0.0817 e. The van der Waals surface area contributed by atoms with Gasteiger partial charge in [0.05, 0.1) is 17.0 Å². The van der Waals surface area contributed by atoms with E-state index in [-0.39, 0.29) is 17.0 Å². The smallest absolute Gasteiger partial charge is 0.0817 e. The minimum atomic E-state index is 0.0885. The first-order valence-electron chi connectivity index (χ1n) is 5.01. The first-order chi connectivity index (χ1) is 5.91. The summed E-state index contributed by atoms with van der Waals surface area (Å²) in [7, 11) is 0. The molecule has 3 N–H and O–H groups in total. The minimum absolute atomic E-state index is 0.0885. The molecular weight excluding hydrogens is 164 g/mol. The Hall–Kier alpha value is -0.160. The van der Waals surface area contributed by atoms with Crippen molar-refractivity contribution in [2.24, 2.45) is 0 Å². The van der Waals surface area contributed by atoms with Crippen molar-refractivity contribution in [1.82, 2.24) is 20.9 Å². The summed E-state index contributed by atoms with van der Waals surface area (Å²) < 4.78 is 0. The summed E-state index contributed by atoms with van der Waals surface area (Å²) in [5, 5.41) is 10.9. The van der Waals surface area contributed by atoms with Gasteiger partial charge in [-0.25, -0.2) is 0 Å². The maximum absolute atomic E-state index is 3.63. The fraction of sp³-hybridized carbons (Fsp3) is 1.00. The molecule has 4 rings (SSSR count). The van der Waals surface area contributed by atoms with Gasteiger partial charge >= 0.3 is 0 Å². The summed E-state index contributed by atoms with van der Waals surface area (Å²) in [6.45, 7) is 10.1. The fourth-order valence-corrected chi connectivity index (χ4v) is 3.67. The molecule has 0 aromatic carbocycles. The second-order valence-corrected chi connectivity index (χ2v) is 5.52. The largest absolute Gasteiger partial charge is 0.294 e. The Morgan fingerprint density at radius 1 is 0.769 bits per heavy atom. The second kappa shape index (κ2) is 1.93. The van der Waals surface area contributed by atoms with Crippen molar-refractivity contribution in [1.29, 1.82) is 0 Å². The summed E-state index contributed by atoms with van der Waals surface area (Å²) in [6.07, 6.45) is 0. The van der Waals surface area contributed by atoms with E-state index in [1.807, 2.05) is 0 Å². The van der Waals surface area contributed by atoms with Crippen LogP contribution in [0.3, 0.4) is 0 Å². The van der Waals surface area contributed by atoms with Gasteiger partial charge < -0.3 is 0 Å². The zero-order valence-electron chi connectivity index (χ0n) is 8.57. The number of nitrogens with one attached hydrogen (secondary N) is 3. The van der Waals surface area contributed by atoms with Gasteiger partial charge in [-0.1, -0.05) is 0 Å². The molecule has 4 bridgehead atoms. The van der Waals surface area contributed by atoms with Gasteiger partial charge in [-0.05, 0) is 20.8 Å². The molecule has 0 radical (unpaired) electrons. The molecule has 0 aromatic heterocycles. The molecule has 4 nitrogen and oxygen atoms in total. The third-order valence-electron chi connectivity index (χ3n) is 3.27. The second-order valence-electron chi connectivity index (χ2n) is 5.52. The van der Waals surface area contributed by atoms with Gasteiger partial charge in [0.15, 0.2) is 0 Å². The lowest BCUT2D eigenvalue weighted by Gasteiger charge is -2.67. The third kappa shape index (κ3) is 1.06. The maximum atomic E-state index is 3.63. The molecule has 4 fully saturated rings. The van der Waals surface area contributed by atoms with E-state index < -0.39 is 0 Å². The SMILES string of the molecule is CC12CN3CC(C)(N1)NC(C)(C3)N2. The predicted octanol–water partition coefficient (Wildman–Crippen LogP) is -0.753. The van der Waals surface area contributed by atoms with Crippen LogP contribution in [0.15, 0.2) is 0 Å². The molecule has 0 aliphatic carbocycles. The Kier molecular flexibility index (Phi) is 1.21. The van der Waals surface area contributed by atoms with E-state index >= 15 is 0 Å². The highest BCUT2D eigenvalue weighted by Gasteiger charge is 2.56. The molecule has 0 aromatic rings. The Labute approximate surface area is 79.1 Å².